The highest BCUT2D eigenvalue weighted by Crippen LogP contribution is 2.25. The van der Waals surface area contributed by atoms with Crippen molar-refractivity contribution in [3.05, 3.63) is 84.2 Å². The van der Waals surface area contributed by atoms with E-state index in [1.165, 1.54) is 0 Å². The maximum Gasteiger partial charge on any atom is 0.330 e. The first-order valence-electron chi connectivity index (χ1n) is 10.6. The molecule has 3 rings (SSSR count). The van der Waals surface area contributed by atoms with Crippen molar-refractivity contribution in [2.75, 3.05) is 10.6 Å². The molecule has 0 aliphatic rings. The molecule has 0 atom stereocenters. The van der Waals surface area contributed by atoms with Crippen molar-refractivity contribution in [1.29, 1.82) is 0 Å². The Kier molecular flexibility index (Phi) is 8.07. The summed E-state index contributed by atoms with van der Waals surface area (Å²) in [6.07, 6.45) is 0.0813. The van der Waals surface area contributed by atoms with Crippen LogP contribution in [0, 0.1) is 6.92 Å². The molecule has 3 aromatic rings. The maximum atomic E-state index is 11.2. The fourth-order valence-electron chi connectivity index (χ4n) is 3.03. The predicted molar refractivity (Wildman–Crippen MR) is 131 cm³/mol. The number of hydrogen-bond donors (Lipinski definition) is 4. The van der Waals surface area contributed by atoms with Crippen LogP contribution >= 0.6 is 0 Å². The second kappa shape index (κ2) is 11.2. The SMILES string of the molecule is C=CC(=O)OCc1ccc(Nc2nc(CC)nc(Nc3ccc(C)c(C(=C)C(O)O)c3)n2)cc1. The number of nitrogens with one attached hydrogen (secondary N) is 2. The van der Waals surface area contributed by atoms with Gasteiger partial charge in [0, 0.05) is 29.4 Å². The first-order valence-corrected chi connectivity index (χ1v) is 10.6. The summed E-state index contributed by atoms with van der Waals surface area (Å²) in [5.41, 5.74) is 3.94. The van der Waals surface area contributed by atoms with E-state index in [1.54, 1.807) is 6.07 Å². The maximum absolute atomic E-state index is 11.2. The molecule has 0 fully saturated rings. The Balaban J connectivity index is 1.78. The number of ether oxygens (including phenoxy) is 1. The fourth-order valence-corrected chi connectivity index (χ4v) is 3.03. The summed E-state index contributed by atoms with van der Waals surface area (Å²) in [6, 6.07) is 12.8. The first-order chi connectivity index (χ1) is 16.3. The van der Waals surface area contributed by atoms with E-state index in [1.807, 2.05) is 50.2 Å². The van der Waals surface area contributed by atoms with Crippen LogP contribution in [0.2, 0.25) is 0 Å². The lowest BCUT2D eigenvalue weighted by atomic mass is 10.0. The minimum Gasteiger partial charge on any atom is -0.458 e. The Labute approximate surface area is 197 Å². The van der Waals surface area contributed by atoms with Gasteiger partial charge in [0.05, 0.1) is 0 Å². The number of benzene rings is 2. The molecule has 176 valence electrons. The Morgan fingerprint density at radius 1 is 1.06 bits per heavy atom. The van der Waals surface area contributed by atoms with Crippen molar-refractivity contribution in [3.8, 4) is 0 Å². The van der Waals surface area contributed by atoms with Gasteiger partial charge in [-0.15, -0.1) is 0 Å². The van der Waals surface area contributed by atoms with Crippen LogP contribution < -0.4 is 10.6 Å². The topological polar surface area (TPSA) is 129 Å². The van der Waals surface area contributed by atoms with Crippen molar-refractivity contribution in [1.82, 2.24) is 15.0 Å². The van der Waals surface area contributed by atoms with Crippen molar-refractivity contribution in [2.45, 2.75) is 33.2 Å². The highest BCUT2D eigenvalue weighted by molar-refractivity contribution is 5.81. The minimum absolute atomic E-state index is 0.156. The molecular weight excluding hydrogens is 434 g/mol. The van der Waals surface area contributed by atoms with Crippen LogP contribution in [0.3, 0.4) is 0 Å². The molecule has 0 saturated heterocycles. The lowest BCUT2D eigenvalue weighted by molar-refractivity contribution is -0.138. The Morgan fingerprint density at radius 2 is 1.68 bits per heavy atom. The molecule has 0 unspecified atom stereocenters. The molecule has 1 heterocycles. The zero-order chi connectivity index (χ0) is 24.7. The summed E-state index contributed by atoms with van der Waals surface area (Å²) in [7, 11) is 0. The third kappa shape index (κ3) is 6.47. The third-order valence-corrected chi connectivity index (χ3v) is 4.91. The molecule has 9 nitrogen and oxygen atoms in total. The van der Waals surface area contributed by atoms with Crippen LogP contribution in [-0.2, 0) is 22.6 Å². The molecule has 4 N–H and O–H groups in total. The van der Waals surface area contributed by atoms with Gasteiger partial charge in [0.25, 0.3) is 0 Å². The van der Waals surface area contributed by atoms with Gasteiger partial charge in [0.1, 0.15) is 12.4 Å². The summed E-state index contributed by atoms with van der Waals surface area (Å²) in [6.45, 7) is 11.1. The van der Waals surface area contributed by atoms with Crippen molar-refractivity contribution >= 4 is 34.8 Å². The third-order valence-electron chi connectivity index (χ3n) is 4.91. The summed E-state index contributed by atoms with van der Waals surface area (Å²) in [4.78, 5) is 24.5. The van der Waals surface area contributed by atoms with Crippen molar-refractivity contribution in [2.24, 2.45) is 0 Å². The van der Waals surface area contributed by atoms with E-state index in [4.69, 9.17) is 4.74 Å². The number of aromatic nitrogens is 3. The molecule has 2 aromatic carbocycles. The molecule has 0 saturated carbocycles. The lowest BCUT2D eigenvalue weighted by Gasteiger charge is -2.14. The van der Waals surface area contributed by atoms with Crippen LogP contribution in [0.5, 0.6) is 0 Å². The second-order valence-corrected chi connectivity index (χ2v) is 7.44. The molecule has 1 aromatic heterocycles. The van der Waals surface area contributed by atoms with Gasteiger partial charge in [0.2, 0.25) is 11.9 Å². The molecule has 9 heteroatoms. The number of nitrogens with zero attached hydrogens (tertiary/aromatic N) is 3. The quantitative estimate of drug-likeness (QED) is 0.202. The monoisotopic (exact) mass is 461 g/mol. The van der Waals surface area contributed by atoms with Gasteiger partial charge in [-0.3, -0.25) is 0 Å². The molecule has 0 bridgehead atoms. The number of rotatable bonds is 10. The predicted octanol–water partition coefficient (Wildman–Crippen LogP) is 3.78. The number of hydrogen-bond acceptors (Lipinski definition) is 9. The van der Waals surface area contributed by atoms with Crippen LogP contribution in [0.25, 0.3) is 5.57 Å². The molecule has 34 heavy (non-hydrogen) atoms. The van der Waals surface area contributed by atoms with Gasteiger partial charge in [0.15, 0.2) is 6.29 Å². The van der Waals surface area contributed by atoms with E-state index in [9.17, 15) is 15.0 Å². The number of aryl methyl sites for hydroxylation is 2. The van der Waals surface area contributed by atoms with Gasteiger partial charge in [-0.25, -0.2) is 4.79 Å². The van der Waals surface area contributed by atoms with E-state index in [0.717, 1.165) is 22.9 Å². The van der Waals surface area contributed by atoms with Gasteiger partial charge >= 0.3 is 5.97 Å². The number of aliphatic hydroxyl groups excluding tert-OH is 1. The number of esters is 1. The first kappa shape index (κ1) is 24.6. The largest absolute Gasteiger partial charge is 0.458 e. The fraction of sp³-hybridized carbons (Fsp3) is 0.200. The molecular formula is C25H27N5O4. The lowest BCUT2D eigenvalue weighted by Crippen LogP contribution is -2.09. The van der Waals surface area contributed by atoms with E-state index in [0.29, 0.717) is 35.4 Å². The zero-order valence-electron chi connectivity index (χ0n) is 19.1. The Bertz CT molecular complexity index is 1190. The average molecular weight is 462 g/mol. The van der Waals surface area contributed by atoms with Crippen molar-refractivity contribution in [3.63, 3.8) is 0 Å². The summed E-state index contributed by atoms with van der Waals surface area (Å²) in [5, 5.41) is 25.3. The smallest absolute Gasteiger partial charge is 0.330 e. The van der Waals surface area contributed by atoms with Crippen LogP contribution in [0.1, 0.15) is 29.4 Å². The second-order valence-electron chi connectivity index (χ2n) is 7.44. The number of carbonyl (C=O) groups excluding carboxylic acids is 1. The van der Waals surface area contributed by atoms with Crippen LogP contribution in [0.15, 0.2) is 61.7 Å². The van der Waals surface area contributed by atoms with Crippen LogP contribution in [0.4, 0.5) is 23.3 Å². The summed E-state index contributed by atoms with van der Waals surface area (Å²) >= 11 is 0. The van der Waals surface area contributed by atoms with Gasteiger partial charge in [-0.05, 0) is 47.9 Å². The molecule has 0 radical (unpaired) electrons. The number of anilines is 4. The summed E-state index contributed by atoms with van der Waals surface area (Å²) < 4.78 is 5.03. The van der Waals surface area contributed by atoms with E-state index in [-0.39, 0.29) is 12.2 Å². The molecule has 0 spiro atoms. The minimum atomic E-state index is -1.64. The van der Waals surface area contributed by atoms with Gasteiger partial charge in [-0.1, -0.05) is 38.3 Å². The highest BCUT2D eigenvalue weighted by Gasteiger charge is 2.12. The highest BCUT2D eigenvalue weighted by atomic mass is 16.5. The van der Waals surface area contributed by atoms with E-state index in [2.05, 4.69) is 38.7 Å². The Hall–Kier alpha value is -4.08. The zero-order valence-corrected chi connectivity index (χ0v) is 19.1. The normalized spacial score (nSPS) is 10.6. The number of carbonyl (C=O) groups is 1. The van der Waals surface area contributed by atoms with E-state index >= 15 is 0 Å². The van der Waals surface area contributed by atoms with E-state index < -0.39 is 12.3 Å². The standard InChI is InChI=1S/C25H27N5O4/c1-5-21-28-24(26-18-11-8-17(9-12-18)14-34-22(31)6-2)30-25(29-21)27-19-10-7-15(3)20(13-19)16(4)23(32)33/h6-13,23,32-33H,2,4-5,14H2,1,3H3,(H2,26,27,28,29,30). The van der Waals surface area contributed by atoms with Crippen molar-refractivity contribution < 1.29 is 19.7 Å². The van der Waals surface area contributed by atoms with Crippen LogP contribution in [-0.4, -0.2) is 37.4 Å². The average Bonchev–Trinajstić information content (AvgIpc) is 2.83. The molecule has 0 amide bonds. The summed E-state index contributed by atoms with van der Waals surface area (Å²) in [5.74, 6) is 0.822. The number of aliphatic hydroxyl groups is 2. The molecule has 0 aliphatic carbocycles. The van der Waals surface area contributed by atoms with Gasteiger partial charge < -0.3 is 25.6 Å². The van der Waals surface area contributed by atoms with Gasteiger partial charge in [-0.2, -0.15) is 15.0 Å². The molecule has 0 aliphatic heterocycles. The Morgan fingerprint density at radius 3 is 2.26 bits per heavy atom.